The summed E-state index contributed by atoms with van der Waals surface area (Å²) >= 11 is 13.3. The monoisotopic (exact) mass is 263 g/mol. The number of amides is 1. The zero-order valence-electron chi connectivity index (χ0n) is 8.00. The van der Waals surface area contributed by atoms with Gasteiger partial charge >= 0.3 is 0 Å². The second kappa shape index (κ2) is 6.26. The molecule has 1 rings (SSSR count). The van der Waals surface area contributed by atoms with E-state index in [0.717, 1.165) is 17.1 Å². The number of rotatable bonds is 5. The first-order valence-corrected chi connectivity index (χ1v) is 6.30. The molecule has 0 saturated heterocycles. The lowest BCUT2D eigenvalue weighted by Gasteiger charge is -2.02. The summed E-state index contributed by atoms with van der Waals surface area (Å²) in [7, 11) is 0. The highest BCUT2D eigenvalue weighted by Crippen LogP contribution is 2.24. The van der Waals surface area contributed by atoms with Gasteiger partial charge in [-0.05, 0) is 17.7 Å². The smallest absolute Gasteiger partial charge is 0.218 e. The number of hydrogen-bond acceptors (Lipinski definition) is 2. The van der Waals surface area contributed by atoms with Gasteiger partial charge in [0.05, 0.1) is 10.0 Å². The molecule has 0 saturated carbocycles. The Bertz CT molecular complexity index is 357. The molecule has 2 nitrogen and oxygen atoms in total. The molecule has 0 spiro atoms. The molecule has 0 radical (unpaired) electrons. The van der Waals surface area contributed by atoms with Crippen LogP contribution < -0.4 is 5.73 Å². The van der Waals surface area contributed by atoms with Gasteiger partial charge < -0.3 is 5.73 Å². The van der Waals surface area contributed by atoms with Crippen LogP contribution in [0.1, 0.15) is 12.0 Å². The van der Waals surface area contributed by atoms with Gasteiger partial charge in [-0.25, -0.2) is 0 Å². The van der Waals surface area contributed by atoms with Crippen molar-refractivity contribution in [3.05, 3.63) is 33.8 Å². The molecule has 0 heterocycles. The number of carbonyl (C=O) groups is 1. The molecule has 2 N–H and O–H groups in total. The lowest BCUT2D eigenvalue weighted by atomic mass is 10.2. The van der Waals surface area contributed by atoms with Crippen molar-refractivity contribution in [1.82, 2.24) is 0 Å². The fraction of sp³-hybridized carbons (Fsp3) is 0.300. The van der Waals surface area contributed by atoms with Gasteiger partial charge in [-0.15, -0.1) is 0 Å². The molecule has 5 heteroatoms. The van der Waals surface area contributed by atoms with E-state index in [-0.39, 0.29) is 5.91 Å². The van der Waals surface area contributed by atoms with E-state index < -0.39 is 0 Å². The number of hydrogen-bond donors (Lipinski definition) is 1. The van der Waals surface area contributed by atoms with Gasteiger partial charge in [-0.2, -0.15) is 11.8 Å². The Morgan fingerprint density at radius 2 is 2.07 bits per heavy atom. The lowest BCUT2D eigenvalue weighted by Crippen LogP contribution is -2.10. The maximum atomic E-state index is 10.5. The van der Waals surface area contributed by atoms with Gasteiger partial charge in [0.1, 0.15) is 0 Å². The van der Waals surface area contributed by atoms with Crippen LogP contribution in [0.3, 0.4) is 0 Å². The number of nitrogens with two attached hydrogens (primary N) is 1. The van der Waals surface area contributed by atoms with E-state index >= 15 is 0 Å². The van der Waals surface area contributed by atoms with E-state index in [4.69, 9.17) is 28.9 Å². The summed E-state index contributed by atoms with van der Waals surface area (Å²) in [6, 6.07) is 5.53. The SMILES string of the molecule is NC(=O)CCSCc1ccc(Cl)c(Cl)c1. The van der Waals surface area contributed by atoms with Crippen LogP contribution in [0.25, 0.3) is 0 Å². The maximum Gasteiger partial charge on any atom is 0.218 e. The number of carbonyl (C=O) groups excluding carboxylic acids is 1. The van der Waals surface area contributed by atoms with Crippen molar-refractivity contribution < 1.29 is 4.79 Å². The quantitative estimate of drug-likeness (QED) is 0.830. The van der Waals surface area contributed by atoms with Gasteiger partial charge in [0.15, 0.2) is 0 Å². The summed E-state index contributed by atoms with van der Waals surface area (Å²) in [6.45, 7) is 0. The average Bonchev–Trinajstić information content (AvgIpc) is 2.18. The molecule has 1 amide bonds. The van der Waals surface area contributed by atoms with Gasteiger partial charge in [0, 0.05) is 17.9 Å². The predicted octanol–water partition coefficient (Wildman–Crippen LogP) is 3.10. The van der Waals surface area contributed by atoms with Crippen LogP contribution in [0.2, 0.25) is 10.0 Å². The van der Waals surface area contributed by atoms with Crippen LogP contribution in [-0.4, -0.2) is 11.7 Å². The first-order valence-electron chi connectivity index (χ1n) is 4.39. The van der Waals surface area contributed by atoms with E-state index in [2.05, 4.69) is 0 Å². The molecule has 0 atom stereocenters. The average molecular weight is 264 g/mol. The Hall–Kier alpha value is -0.380. The Morgan fingerprint density at radius 3 is 2.67 bits per heavy atom. The number of thioether (sulfide) groups is 1. The summed E-state index contributed by atoms with van der Waals surface area (Å²) in [6.07, 6.45) is 0.409. The fourth-order valence-corrected chi connectivity index (χ4v) is 2.22. The van der Waals surface area contributed by atoms with E-state index in [0.29, 0.717) is 16.5 Å². The predicted molar refractivity (Wildman–Crippen MR) is 66.4 cm³/mol. The minimum atomic E-state index is -0.267. The highest BCUT2D eigenvalue weighted by atomic mass is 35.5. The zero-order chi connectivity index (χ0) is 11.3. The minimum Gasteiger partial charge on any atom is -0.370 e. The Morgan fingerprint density at radius 1 is 1.33 bits per heavy atom. The van der Waals surface area contributed by atoms with Crippen molar-refractivity contribution in [3.63, 3.8) is 0 Å². The van der Waals surface area contributed by atoms with Gasteiger partial charge in [0.2, 0.25) is 5.91 Å². The summed E-state index contributed by atoms with van der Waals surface area (Å²) in [5.74, 6) is 1.27. The maximum absolute atomic E-state index is 10.5. The van der Waals surface area contributed by atoms with Crippen LogP contribution in [0.15, 0.2) is 18.2 Å². The lowest BCUT2D eigenvalue weighted by molar-refractivity contribution is -0.117. The third kappa shape index (κ3) is 4.78. The van der Waals surface area contributed by atoms with E-state index in [9.17, 15) is 4.79 Å². The molecule has 0 aliphatic heterocycles. The number of benzene rings is 1. The Balaban J connectivity index is 2.38. The fourth-order valence-electron chi connectivity index (χ4n) is 0.992. The Labute approximate surface area is 103 Å². The second-order valence-corrected chi connectivity index (χ2v) is 4.94. The van der Waals surface area contributed by atoms with Crippen molar-refractivity contribution >= 4 is 40.9 Å². The number of halogens is 2. The molecule has 82 valence electrons. The topological polar surface area (TPSA) is 43.1 Å². The standard InChI is InChI=1S/C10H11Cl2NOS/c11-8-2-1-7(5-9(8)12)6-15-4-3-10(13)14/h1-2,5H,3-4,6H2,(H2,13,14). The molecule has 0 unspecified atom stereocenters. The van der Waals surface area contributed by atoms with Crippen LogP contribution in [0.5, 0.6) is 0 Å². The van der Waals surface area contributed by atoms with Crippen molar-refractivity contribution in [2.24, 2.45) is 5.73 Å². The normalized spacial score (nSPS) is 10.3. The minimum absolute atomic E-state index is 0.267. The van der Waals surface area contributed by atoms with Crippen LogP contribution in [0, 0.1) is 0 Å². The van der Waals surface area contributed by atoms with Crippen LogP contribution in [0.4, 0.5) is 0 Å². The molecule has 0 aromatic heterocycles. The second-order valence-electron chi connectivity index (χ2n) is 3.02. The van der Waals surface area contributed by atoms with Gasteiger partial charge in [-0.3, -0.25) is 4.79 Å². The Kier molecular flexibility index (Phi) is 5.29. The van der Waals surface area contributed by atoms with Crippen molar-refractivity contribution in [3.8, 4) is 0 Å². The summed E-state index contributed by atoms with van der Waals surface area (Å²) < 4.78 is 0. The van der Waals surface area contributed by atoms with Crippen molar-refractivity contribution in [1.29, 1.82) is 0 Å². The summed E-state index contributed by atoms with van der Waals surface area (Å²) in [4.78, 5) is 10.5. The molecule has 1 aromatic rings. The first-order chi connectivity index (χ1) is 7.09. The van der Waals surface area contributed by atoms with Crippen molar-refractivity contribution in [2.45, 2.75) is 12.2 Å². The highest BCUT2D eigenvalue weighted by molar-refractivity contribution is 7.98. The molecule has 1 aromatic carbocycles. The third-order valence-electron chi connectivity index (χ3n) is 1.75. The van der Waals surface area contributed by atoms with E-state index in [1.54, 1.807) is 17.8 Å². The van der Waals surface area contributed by atoms with Gasteiger partial charge in [0.25, 0.3) is 0 Å². The largest absolute Gasteiger partial charge is 0.370 e. The summed E-state index contributed by atoms with van der Waals surface area (Å²) in [5.41, 5.74) is 6.12. The van der Waals surface area contributed by atoms with E-state index in [1.807, 2.05) is 12.1 Å². The highest BCUT2D eigenvalue weighted by Gasteiger charge is 2.00. The first kappa shape index (κ1) is 12.7. The molecule has 0 aliphatic rings. The van der Waals surface area contributed by atoms with E-state index in [1.165, 1.54) is 0 Å². The van der Waals surface area contributed by atoms with Crippen LogP contribution >= 0.6 is 35.0 Å². The zero-order valence-corrected chi connectivity index (χ0v) is 10.3. The number of primary amides is 1. The molecule has 15 heavy (non-hydrogen) atoms. The molecular formula is C10H11Cl2NOS. The molecule has 0 aliphatic carbocycles. The molecular weight excluding hydrogens is 253 g/mol. The molecule has 0 bridgehead atoms. The van der Waals surface area contributed by atoms with Gasteiger partial charge in [-0.1, -0.05) is 29.3 Å². The third-order valence-corrected chi connectivity index (χ3v) is 3.51. The van der Waals surface area contributed by atoms with Crippen LogP contribution in [-0.2, 0) is 10.5 Å². The summed E-state index contributed by atoms with van der Waals surface area (Å²) in [5, 5.41) is 1.12. The van der Waals surface area contributed by atoms with Crippen molar-refractivity contribution in [2.75, 3.05) is 5.75 Å². The molecule has 0 fully saturated rings.